The molecule has 1 amide bonds. The lowest BCUT2D eigenvalue weighted by Crippen LogP contribution is -2.33. The second-order valence-corrected chi connectivity index (χ2v) is 6.24. The van der Waals surface area contributed by atoms with Gasteiger partial charge in [-0.1, -0.05) is 43.0 Å². The Kier molecular flexibility index (Phi) is 7.14. The highest BCUT2D eigenvalue weighted by atomic mass is 35.5. The summed E-state index contributed by atoms with van der Waals surface area (Å²) in [6, 6.07) is 7.12. The molecule has 0 atom stereocenters. The Morgan fingerprint density at radius 1 is 1.26 bits per heavy atom. The first-order chi connectivity index (χ1) is 11.1. The normalized spacial score (nSPS) is 15.5. The molecule has 0 saturated heterocycles. The summed E-state index contributed by atoms with van der Waals surface area (Å²) in [7, 11) is 0. The van der Waals surface area contributed by atoms with Gasteiger partial charge in [-0.25, -0.2) is 4.79 Å². The number of nitrogens with one attached hydrogen (secondary N) is 1. The fourth-order valence-corrected chi connectivity index (χ4v) is 2.86. The SMILES string of the molecule is O=C(COC(=O)/C=C/c1cccc(Cl)c1)NCC1CCCCC1. The maximum absolute atomic E-state index is 11.7. The highest BCUT2D eigenvalue weighted by Gasteiger charge is 2.14. The molecule has 1 aliphatic carbocycles. The van der Waals surface area contributed by atoms with Crippen molar-refractivity contribution in [3.63, 3.8) is 0 Å². The Morgan fingerprint density at radius 3 is 2.78 bits per heavy atom. The van der Waals surface area contributed by atoms with Crippen molar-refractivity contribution >= 4 is 29.6 Å². The third-order valence-electron chi connectivity index (χ3n) is 3.92. The Balaban J connectivity index is 1.66. The number of hydrogen-bond donors (Lipinski definition) is 1. The van der Waals surface area contributed by atoms with E-state index < -0.39 is 5.97 Å². The fraction of sp³-hybridized carbons (Fsp3) is 0.444. The van der Waals surface area contributed by atoms with E-state index in [0.29, 0.717) is 17.5 Å². The molecule has 124 valence electrons. The highest BCUT2D eigenvalue weighted by molar-refractivity contribution is 6.30. The van der Waals surface area contributed by atoms with Gasteiger partial charge in [0.15, 0.2) is 6.61 Å². The van der Waals surface area contributed by atoms with Crippen molar-refractivity contribution in [2.24, 2.45) is 5.92 Å². The summed E-state index contributed by atoms with van der Waals surface area (Å²) in [6.07, 6.45) is 9.01. The zero-order chi connectivity index (χ0) is 16.5. The van der Waals surface area contributed by atoms with Crippen LogP contribution >= 0.6 is 11.6 Å². The molecule has 1 N–H and O–H groups in total. The van der Waals surface area contributed by atoms with Gasteiger partial charge in [0.2, 0.25) is 0 Å². The standard InChI is InChI=1S/C18H22ClNO3/c19-16-8-4-7-14(11-16)9-10-18(22)23-13-17(21)20-12-15-5-2-1-3-6-15/h4,7-11,15H,1-3,5-6,12-13H2,(H,20,21)/b10-9+. The predicted octanol–water partition coefficient (Wildman–Crippen LogP) is 3.59. The van der Waals surface area contributed by atoms with Gasteiger partial charge in [-0.2, -0.15) is 0 Å². The second-order valence-electron chi connectivity index (χ2n) is 5.80. The largest absolute Gasteiger partial charge is 0.452 e. The number of amides is 1. The van der Waals surface area contributed by atoms with Crippen LogP contribution in [0.3, 0.4) is 0 Å². The Bertz CT molecular complexity index is 565. The summed E-state index contributed by atoms with van der Waals surface area (Å²) in [5, 5.41) is 3.43. The predicted molar refractivity (Wildman–Crippen MR) is 91.0 cm³/mol. The molecule has 5 heteroatoms. The molecule has 0 bridgehead atoms. The third kappa shape index (κ3) is 6.87. The van der Waals surface area contributed by atoms with Crippen LogP contribution in [0.1, 0.15) is 37.7 Å². The number of esters is 1. The van der Waals surface area contributed by atoms with Crippen LogP contribution in [0.2, 0.25) is 5.02 Å². The number of rotatable bonds is 6. The zero-order valence-corrected chi connectivity index (χ0v) is 13.8. The molecule has 23 heavy (non-hydrogen) atoms. The Morgan fingerprint density at radius 2 is 2.04 bits per heavy atom. The van der Waals surface area contributed by atoms with Gasteiger partial charge in [-0.15, -0.1) is 0 Å². The molecule has 0 aliphatic heterocycles. The van der Waals surface area contributed by atoms with E-state index >= 15 is 0 Å². The number of hydrogen-bond acceptors (Lipinski definition) is 3. The molecule has 0 radical (unpaired) electrons. The van der Waals surface area contributed by atoms with Gasteiger partial charge in [0, 0.05) is 17.6 Å². The van der Waals surface area contributed by atoms with E-state index in [1.54, 1.807) is 24.3 Å². The van der Waals surface area contributed by atoms with Crippen molar-refractivity contribution in [1.29, 1.82) is 0 Å². The fourth-order valence-electron chi connectivity index (χ4n) is 2.66. The van der Waals surface area contributed by atoms with Gasteiger partial charge in [-0.3, -0.25) is 4.79 Å². The molecular weight excluding hydrogens is 314 g/mol. The molecule has 0 heterocycles. The van der Waals surface area contributed by atoms with Gasteiger partial charge < -0.3 is 10.1 Å². The van der Waals surface area contributed by atoms with Crippen LogP contribution in [0.25, 0.3) is 6.08 Å². The molecule has 0 unspecified atom stereocenters. The van der Waals surface area contributed by atoms with Crippen LogP contribution in [-0.2, 0) is 14.3 Å². The van der Waals surface area contributed by atoms with Crippen molar-refractivity contribution in [2.45, 2.75) is 32.1 Å². The number of benzene rings is 1. The van der Waals surface area contributed by atoms with E-state index in [4.69, 9.17) is 16.3 Å². The minimum atomic E-state index is -0.544. The molecule has 4 nitrogen and oxygen atoms in total. The zero-order valence-electron chi connectivity index (χ0n) is 13.1. The maximum atomic E-state index is 11.7. The smallest absolute Gasteiger partial charge is 0.331 e. The number of carbonyl (C=O) groups excluding carboxylic acids is 2. The van der Waals surface area contributed by atoms with Gasteiger partial charge in [0.1, 0.15) is 0 Å². The first kappa shape index (κ1) is 17.5. The second kappa shape index (κ2) is 9.36. The van der Waals surface area contributed by atoms with Crippen LogP contribution in [-0.4, -0.2) is 25.0 Å². The average molecular weight is 336 g/mol. The molecule has 1 aromatic carbocycles. The molecule has 0 spiro atoms. The molecule has 1 fully saturated rings. The number of halogens is 1. The van der Waals surface area contributed by atoms with Crippen LogP contribution in [0.15, 0.2) is 30.3 Å². The maximum Gasteiger partial charge on any atom is 0.331 e. The Hall–Kier alpha value is -1.81. The molecule has 1 aromatic rings. The molecule has 0 aromatic heterocycles. The topological polar surface area (TPSA) is 55.4 Å². The average Bonchev–Trinajstić information content (AvgIpc) is 2.57. The minimum absolute atomic E-state index is 0.245. The molecule has 2 rings (SSSR count). The van der Waals surface area contributed by atoms with E-state index in [9.17, 15) is 9.59 Å². The van der Waals surface area contributed by atoms with E-state index in [0.717, 1.165) is 5.56 Å². The summed E-state index contributed by atoms with van der Waals surface area (Å²) < 4.78 is 4.92. The summed E-state index contributed by atoms with van der Waals surface area (Å²) in [4.78, 5) is 23.3. The number of ether oxygens (including phenoxy) is 1. The summed E-state index contributed by atoms with van der Waals surface area (Å²) >= 11 is 5.86. The Labute approximate surface area is 141 Å². The lowest BCUT2D eigenvalue weighted by atomic mass is 9.89. The van der Waals surface area contributed by atoms with Crippen molar-refractivity contribution in [3.05, 3.63) is 40.9 Å². The van der Waals surface area contributed by atoms with Crippen LogP contribution in [0.4, 0.5) is 0 Å². The van der Waals surface area contributed by atoms with Crippen LogP contribution in [0, 0.1) is 5.92 Å². The first-order valence-electron chi connectivity index (χ1n) is 8.00. The number of carbonyl (C=O) groups is 2. The van der Waals surface area contributed by atoms with Crippen molar-refractivity contribution in [1.82, 2.24) is 5.32 Å². The lowest BCUT2D eigenvalue weighted by molar-refractivity contribution is -0.143. The first-order valence-corrected chi connectivity index (χ1v) is 8.38. The van der Waals surface area contributed by atoms with E-state index in [1.165, 1.54) is 38.2 Å². The highest BCUT2D eigenvalue weighted by Crippen LogP contribution is 2.22. The van der Waals surface area contributed by atoms with Gasteiger partial charge in [0.05, 0.1) is 0 Å². The van der Waals surface area contributed by atoms with Crippen molar-refractivity contribution in [2.75, 3.05) is 13.2 Å². The monoisotopic (exact) mass is 335 g/mol. The minimum Gasteiger partial charge on any atom is -0.452 e. The lowest BCUT2D eigenvalue weighted by Gasteiger charge is -2.21. The third-order valence-corrected chi connectivity index (χ3v) is 4.15. The van der Waals surface area contributed by atoms with Gasteiger partial charge in [0.25, 0.3) is 5.91 Å². The van der Waals surface area contributed by atoms with E-state index in [1.807, 2.05) is 6.07 Å². The van der Waals surface area contributed by atoms with Crippen molar-refractivity contribution < 1.29 is 14.3 Å². The quantitative estimate of drug-likeness (QED) is 0.638. The molecule has 1 saturated carbocycles. The van der Waals surface area contributed by atoms with Crippen LogP contribution < -0.4 is 5.32 Å². The van der Waals surface area contributed by atoms with Crippen LogP contribution in [0.5, 0.6) is 0 Å². The summed E-state index contributed by atoms with van der Waals surface area (Å²) in [6.45, 7) is 0.431. The van der Waals surface area contributed by atoms with Gasteiger partial charge in [-0.05, 0) is 42.5 Å². The van der Waals surface area contributed by atoms with E-state index in [2.05, 4.69) is 5.32 Å². The van der Waals surface area contributed by atoms with Gasteiger partial charge >= 0.3 is 5.97 Å². The van der Waals surface area contributed by atoms with E-state index in [-0.39, 0.29) is 12.5 Å². The molecule has 1 aliphatic rings. The summed E-state index contributed by atoms with van der Waals surface area (Å²) in [5.41, 5.74) is 0.802. The summed E-state index contributed by atoms with van der Waals surface area (Å²) in [5.74, 6) is -0.232. The molecular formula is C18H22ClNO3. The van der Waals surface area contributed by atoms with Crippen molar-refractivity contribution in [3.8, 4) is 0 Å².